The minimum Gasteiger partial charge on any atom is -0.491 e. The van der Waals surface area contributed by atoms with Gasteiger partial charge in [0.2, 0.25) is 0 Å². The quantitative estimate of drug-likeness (QED) is 0.149. The summed E-state index contributed by atoms with van der Waals surface area (Å²) in [7, 11) is 2.04. The van der Waals surface area contributed by atoms with Gasteiger partial charge < -0.3 is 18.6 Å². The molecule has 652 valence electrons. The average molecular weight is 1650 g/mol. The fourth-order valence-electron chi connectivity index (χ4n) is 12.7. The van der Waals surface area contributed by atoms with Crippen molar-refractivity contribution in [1.82, 2.24) is 19.4 Å². The van der Waals surface area contributed by atoms with E-state index in [4.69, 9.17) is 9.15 Å². The highest BCUT2D eigenvalue weighted by Crippen LogP contribution is 2.39. The van der Waals surface area contributed by atoms with Crippen LogP contribution in [0, 0.1) is 40.0 Å². The molecule has 0 N–H and O–H groups in total. The second-order valence-electron chi connectivity index (χ2n) is 41.1. The Morgan fingerprint density at radius 1 is 0.383 bits per heavy atom. The van der Waals surface area contributed by atoms with Gasteiger partial charge in [0.25, 0.3) is 0 Å². The molecule has 12 rings (SSSR count). The predicted octanol–water partition coefficient (Wildman–Crippen LogP) is 30.9. The second kappa shape index (κ2) is 42.7. The van der Waals surface area contributed by atoms with E-state index in [1.165, 1.54) is 79.7 Å². The Kier molecular flexibility index (Phi) is 36.1. The highest BCUT2D eigenvalue weighted by Gasteiger charge is 2.36. The Labute approximate surface area is 721 Å². The number of halogens is 6. The van der Waals surface area contributed by atoms with E-state index in [9.17, 15) is 26.3 Å². The summed E-state index contributed by atoms with van der Waals surface area (Å²) in [6.07, 6.45) is -4.13. The van der Waals surface area contributed by atoms with Gasteiger partial charge in [0, 0.05) is 55.6 Å². The molecule has 2 aromatic heterocycles. The van der Waals surface area contributed by atoms with Crippen molar-refractivity contribution in [2.75, 3.05) is 33.2 Å². The van der Waals surface area contributed by atoms with E-state index in [-0.39, 0.29) is 49.4 Å². The number of hydrogen-bond acceptors (Lipinski definition) is 5. The van der Waals surface area contributed by atoms with E-state index in [0.717, 1.165) is 72.4 Å². The predicted molar refractivity (Wildman–Crippen MR) is 500 cm³/mol. The number of hydrogen-bond donors (Lipinski definition) is 0. The molecule has 12 heteroatoms. The molecule has 1 aliphatic rings. The second-order valence-corrected chi connectivity index (χ2v) is 41.1. The number of aromatic nitrogens is 2. The summed E-state index contributed by atoms with van der Waals surface area (Å²) < 4.78 is 92.5. The molecule has 11 aromatic rings. The molecule has 0 aliphatic carbocycles. The van der Waals surface area contributed by atoms with Crippen LogP contribution in [0.2, 0.25) is 0 Å². The highest BCUT2D eigenvalue weighted by atomic mass is 19.4. The molecule has 0 atom stereocenters. The van der Waals surface area contributed by atoms with Gasteiger partial charge >= 0.3 is 12.4 Å². The monoisotopic (exact) mass is 1650 g/mol. The Balaban J connectivity index is 0.000000248. The summed E-state index contributed by atoms with van der Waals surface area (Å²) in [5.74, 6) is 1.92. The molecule has 1 saturated heterocycles. The first kappa shape index (κ1) is 102. The Morgan fingerprint density at radius 3 is 1.12 bits per heavy atom. The van der Waals surface area contributed by atoms with Crippen molar-refractivity contribution in [2.24, 2.45) is 5.41 Å². The Morgan fingerprint density at radius 2 is 0.758 bits per heavy atom. The van der Waals surface area contributed by atoms with Gasteiger partial charge in [0.1, 0.15) is 17.1 Å². The number of rotatable bonds is 7. The van der Waals surface area contributed by atoms with Crippen molar-refractivity contribution in [3.8, 4) is 22.8 Å². The van der Waals surface area contributed by atoms with E-state index in [1.807, 2.05) is 98.8 Å². The van der Waals surface area contributed by atoms with Crippen molar-refractivity contribution >= 4 is 11.0 Å². The lowest BCUT2D eigenvalue weighted by Crippen LogP contribution is -2.44. The van der Waals surface area contributed by atoms with Crippen molar-refractivity contribution < 1.29 is 35.5 Å². The van der Waals surface area contributed by atoms with E-state index < -0.39 is 23.5 Å². The molecule has 1 aliphatic heterocycles. The van der Waals surface area contributed by atoms with Crippen LogP contribution in [0.15, 0.2) is 229 Å². The largest absolute Gasteiger partial charge is 0.491 e. The normalized spacial score (nSPS) is 13.2. The molecule has 0 unspecified atom stereocenters. The van der Waals surface area contributed by atoms with Gasteiger partial charge in [-0.2, -0.15) is 26.3 Å². The Bertz CT molecular complexity index is 4570. The first-order valence-corrected chi connectivity index (χ1v) is 42.5. The molecule has 0 saturated carbocycles. The number of fused-ring (bicyclic) bond motifs is 1. The van der Waals surface area contributed by atoms with Gasteiger partial charge in [0.05, 0.1) is 29.3 Å². The minimum absolute atomic E-state index is 0.219. The standard InChI is InChI=1S/C19H20O.C17H25F3N2.C15H17F3N2.C13H20O.4C11H16/c1-19(2,3)13-15-9-4-6-10-16(15)18-12-14-8-5-7-11-17(14)20-18;1-16(2,3)14-6-5-13(15(11-14)17(18,19)20)12-22-9-7-21(4)8-10-22;1-10-8-20(9-19-10)13-6-11(14(2,3)4)5-12(7-13)15(16,17)18;1-10(2)14-12-8-6-11(7-9-12)13(3,4)5;4*1-9-5-7-10(8-6-9)11(2,3)4/h4-12H,13H2,1-3H3;5-6,11H,7-10,12H2,1-4H3;5-9H,1-4H3;6-10H,1-5H3;4*5-8H,1-4H3. The molecule has 6 nitrogen and oxygen atoms in total. The zero-order valence-corrected chi connectivity index (χ0v) is 79.1. The molecule has 9 aromatic carbocycles. The average Bonchev–Trinajstić information content (AvgIpc) is 1.53. The molecular weight excluding hydrogens is 1500 g/mol. The maximum absolute atomic E-state index is 13.4. The summed E-state index contributed by atoms with van der Waals surface area (Å²) >= 11 is 0. The topological polar surface area (TPSA) is 46.7 Å². The number of benzene rings is 9. The van der Waals surface area contributed by atoms with Crippen LogP contribution in [0.3, 0.4) is 0 Å². The maximum Gasteiger partial charge on any atom is 0.416 e. The van der Waals surface area contributed by atoms with Gasteiger partial charge in [-0.1, -0.05) is 352 Å². The number of alkyl halides is 6. The van der Waals surface area contributed by atoms with Gasteiger partial charge in [-0.25, -0.2) is 4.98 Å². The zero-order valence-electron chi connectivity index (χ0n) is 79.1. The zero-order chi connectivity index (χ0) is 90.5. The van der Waals surface area contributed by atoms with Gasteiger partial charge in [-0.05, 0) is 204 Å². The summed E-state index contributed by atoms with van der Waals surface area (Å²) in [6, 6.07) is 71.1. The lowest BCUT2D eigenvalue weighted by atomic mass is 9.85. The van der Waals surface area contributed by atoms with Crippen molar-refractivity contribution in [3.05, 3.63) is 314 Å². The van der Waals surface area contributed by atoms with E-state index in [1.54, 1.807) is 29.8 Å². The van der Waals surface area contributed by atoms with Gasteiger partial charge in [0.15, 0.2) is 0 Å². The molecule has 1 fully saturated rings. The van der Waals surface area contributed by atoms with E-state index in [0.29, 0.717) is 23.4 Å². The van der Waals surface area contributed by atoms with Gasteiger partial charge in [-0.15, -0.1) is 0 Å². The molecule has 0 amide bonds. The number of furan rings is 1. The lowest BCUT2D eigenvalue weighted by molar-refractivity contribution is -0.139. The molecule has 3 heterocycles. The van der Waals surface area contributed by atoms with Crippen LogP contribution in [0.1, 0.15) is 269 Å². The SMILES string of the molecule is CC(C)(C)Cc1ccccc1-c1cc2ccccc2o1.CC(C)Oc1ccc(C(C)(C)C)cc1.CN1CCN(Cc2ccc(C(C)(C)C)cc2C(F)(F)F)CC1.Cc1ccc(C(C)(C)C)cc1.Cc1ccc(C(C)(C)C)cc1.Cc1ccc(C(C)(C)C)cc1.Cc1ccc(C(C)(C)C)cc1.Cc1cn(-c2cc(C(C)(C)C)cc(C(F)(F)F)c2)cn1. The van der Waals surface area contributed by atoms with Crippen molar-refractivity contribution in [1.29, 1.82) is 0 Å². The number of ether oxygens (including phenoxy) is 1. The molecule has 120 heavy (non-hydrogen) atoms. The summed E-state index contributed by atoms with van der Waals surface area (Å²) in [4.78, 5) is 8.36. The third-order valence-electron chi connectivity index (χ3n) is 20.6. The summed E-state index contributed by atoms with van der Waals surface area (Å²) in [5.41, 5.74) is 18.7. The summed E-state index contributed by atoms with van der Waals surface area (Å²) in [6.45, 7) is 69.9. The molecule has 0 bridgehead atoms. The van der Waals surface area contributed by atoms with Crippen LogP contribution in [0.25, 0.3) is 28.0 Å². The lowest BCUT2D eigenvalue weighted by Gasteiger charge is -2.33. The Hall–Kier alpha value is -8.97. The van der Waals surface area contributed by atoms with Gasteiger partial charge in [-0.3, -0.25) is 4.90 Å². The van der Waals surface area contributed by atoms with Crippen LogP contribution in [0.5, 0.6) is 5.75 Å². The third kappa shape index (κ3) is 35.2. The first-order valence-electron chi connectivity index (χ1n) is 42.5. The number of nitrogens with zero attached hydrogens (tertiary/aromatic N) is 4. The van der Waals surface area contributed by atoms with E-state index >= 15 is 0 Å². The highest BCUT2D eigenvalue weighted by molar-refractivity contribution is 5.83. The number of imidazole rings is 1. The third-order valence-corrected chi connectivity index (χ3v) is 20.6. The van der Waals surface area contributed by atoms with Crippen LogP contribution >= 0.6 is 0 Å². The number of piperazine rings is 1. The number of para-hydroxylation sites is 1. The van der Waals surface area contributed by atoms with Crippen LogP contribution in [-0.2, 0) is 63.2 Å². The fraction of sp³-hybridized carbons (Fsp3) is 0.454. The number of aryl methyl sites for hydroxylation is 5. The minimum atomic E-state index is -4.36. The van der Waals surface area contributed by atoms with E-state index in [2.05, 4.69) is 313 Å². The summed E-state index contributed by atoms with van der Waals surface area (Å²) in [5, 5.41) is 1.16. The van der Waals surface area contributed by atoms with Crippen molar-refractivity contribution in [3.63, 3.8) is 0 Å². The van der Waals surface area contributed by atoms with Crippen molar-refractivity contribution in [2.45, 2.75) is 284 Å². The maximum atomic E-state index is 13.4. The first-order chi connectivity index (χ1) is 55.1. The molecule has 0 spiro atoms. The smallest absolute Gasteiger partial charge is 0.416 e. The molecule has 0 radical (unpaired) electrons. The molecular formula is C108H146F6N4O2. The van der Waals surface area contributed by atoms with Crippen LogP contribution in [0.4, 0.5) is 26.3 Å². The number of likely N-dealkylation sites (N-methyl/N-ethyl adjacent to an activating group) is 1. The van der Waals surface area contributed by atoms with Crippen LogP contribution in [-0.4, -0.2) is 58.7 Å². The van der Waals surface area contributed by atoms with Crippen LogP contribution < -0.4 is 4.74 Å². The fourth-order valence-corrected chi connectivity index (χ4v) is 12.7.